The van der Waals surface area contributed by atoms with Crippen LogP contribution in [-0.2, 0) is 12.7 Å². The number of alkyl halides is 3. The van der Waals surface area contributed by atoms with Gasteiger partial charge in [-0.1, -0.05) is 29.0 Å². The van der Waals surface area contributed by atoms with E-state index in [0.29, 0.717) is 35.2 Å². The number of para-hydroxylation sites is 1. The summed E-state index contributed by atoms with van der Waals surface area (Å²) >= 11 is 7.54. The third-order valence-electron chi connectivity index (χ3n) is 4.65. The zero-order chi connectivity index (χ0) is 22.0. The van der Waals surface area contributed by atoms with Crippen LogP contribution in [0.3, 0.4) is 0 Å². The molecule has 0 unspecified atom stereocenters. The van der Waals surface area contributed by atoms with Crippen molar-refractivity contribution in [2.45, 2.75) is 19.1 Å². The largest absolute Gasteiger partial charge is 0.416 e. The molecular weight excluding hydrogens is 484 g/mol. The minimum atomic E-state index is -4.46. The molecule has 2 aromatic heterocycles. The molecule has 32 heavy (non-hydrogen) atoms. The molecule has 5 nitrogen and oxygen atoms in total. The molecule has 0 atom stereocenters. The van der Waals surface area contributed by atoms with Crippen molar-refractivity contribution in [3.05, 3.63) is 77.3 Å². The lowest BCUT2D eigenvalue weighted by Gasteiger charge is -2.20. The van der Waals surface area contributed by atoms with E-state index >= 15 is 0 Å². The molecule has 0 N–H and O–H groups in total. The Morgan fingerprint density at radius 3 is 2.53 bits per heavy atom. The highest BCUT2D eigenvalue weighted by Crippen LogP contribution is 2.34. The summed E-state index contributed by atoms with van der Waals surface area (Å²) in [4.78, 5) is 23.2. The Hall–Kier alpha value is -2.62. The monoisotopic (exact) mass is 500 g/mol. The molecule has 168 valence electrons. The van der Waals surface area contributed by atoms with Gasteiger partial charge in [0.25, 0.3) is 5.91 Å². The fourth-order valence-electron chi connectivity index (χ4n) is 3.09. The first-order valence-electron chi connectivity index (χ1n) is 9.33. The summed E-state index contributed by atoms with van der Waals surface area (Å²) in [7, 11) is 0. The van der Waals surface area contributed by atoms with Gasteiger partial charge >= 0.3 is 6.18 Å². The second-order valence-corrected chi connectivity index (χ2v) is 8.19. The summed E-state index contributed by atoms with van der Waals surface area (Å²) < 4.78 is 41.3. The Labute approximate surface area is 196 Å². The highest BCUT2D eigenvalue weighted by Gasteiger charge is 2.30. The van der Waals surface area contributed by atoms with Crippen LogP contribution in [0, 0.1) is 0 Å². The van der Waals surface area contributed by atoms with Gasteiger partial charge in [-0.05, 0) is 42.8 Å². The number of aromatic nitrogens is 3. The number of carbonyl (C=O) groups excluding carboxylic acids is 1. The van der Waals surface area contributed by atoms with Crippen LogP contribution in [0.25, 0.3) is 10.2 Å². The summed E-state index contributed by atoms with van der Waals surface area (Å²) in [5, 5.41) is 0.916. The fourth-order valence-corrected chi connectivity index (χ4v) is 4.38. The SMILES string of the molecule is Cl.O=C(c1ccc(C(F)(F)F)cc1)N(CCCn1ccnc1)c1nc2c(Cl)cccc2s1. The number of hydrogen-bond acceptors (Lipinski definition) is 4. The van der Waals surface area contributed by atoms with Crippen LogP contribution in [-0.4, -0.2) is 27.0 Å². The maximum atomic E-state index is 13.2. The summed E-state index contributed by atoms with van der Waals surface area (Å²) in [6, 6.07) is 9.57. The molecule has 4 aromatic rings. The summed E-state index contributed by atoms with van der Waals surface area (Å²) in [6.45, 7) is 0.956. The first-order valence-corrected chi connectivity index (χ1v) is 10.5. The van der Waals surface area contributed by atoms with E-state index in [-0.39, 0.29) is 18.0 Å². The topological polar surface area (TPSA) is 51.0 Å². The Morgan fingerprint density at radius 2 is 1.91 bits per heavy atom. The van der Waals surface area contributed by atoms with Gasteiger partial charge in [-0.2, -0.15) is 13.2 Å². The smallest absolute Gasteiger partial charge is 0.337 e. The zero-order valence-corrected chi connectivity index (χ0v) is 18.8. The number of thiazole rings is 1. The summed E-state index contributed by atoms with van der Waals surface area (Å²) in [6.07, 6.45) is 1.31. The fraction of sp³-hybridized carbons (Fsp3) is 0.190. The molecule has 4 rings (SSSR count). The Balaban J connectivity index is 0.00000289. The molecule has 0 fully saturated rings. The predicted molar refractivity (Wildman–Crippen MR) is 122 cm³/mol. The quantitative estimate of drug-likeness (QED) is 0.311. The third kappa shape index (κ3) is 5.23. The molecule has 0 bridgehead atoms. The van der Waals surface area contributed by atoms with Crippen molar-refractivity contribution in [2.75, 3.05) is 11.4 Å². The molecule has 1 amide bonds. The average Bonchev–Trinajstić information content (AvgIpc) is 3.41. The van der Waals surface area contributed by atoms with Gasteiger partial charge in [0.1, 0.15) is 5.52 Å². The molecule has 2 aromatic carbocycles. The van der Waals surface area contributed by atoms with Crippen LogP contribution >= 0.6 is 35.3 Å². The molecule has 0 spiro atoms. The van der Waals surface area contributed by atoms with Gasteiger partial charge in [0.15, 0.2) is 5.13 Å². The van der Waals surface area contributed by atoms with E-state index in [1.807, 2.05) is 16.8 Å². The van der Waals surface area contributed by atoms with Gasteiger partial charge in [0, 0.05) is 31.0 Å². The number of fused-ring (bicyclic) bond motifs is 1. The van der Waals surface area contributed by atoms with Crippen molar-refractivity contribution >= 4 is 56.6 Å². The highest BCUT2D eigenvalue weighted by atomic mass is 35.5. The number of hydrogen-bond donors (Lipinski definition) is 0. The molecule has 0 aliphatic carbocycles. The summed E-state index contributed by atoms with van der Waals surface area (Å²) in [5.74, 6) is -0.422. The van der Waals surface area contributed by atoms with Crippen LogP contribution in [0.15, 0.2) is 61.2 Å². The zero-order valence-electron chi connectivity index (χ0n) is 16.4. The number of nitrogens with zero attached hydrogens (tertiary/aromatic N) is 4. The van der Waals surface area contributed by atoms with Gasteiger partial charge in [0.2, 0.25) is 0 Å². The summed E-state index contributed by atoms with van der Waals surface area (Å²) in [5.41, 5.74) is -0.0625. The average molecular weight is 501 g/mol. The number of aryl methyl sites for hydroxylation is 1. The van der Waals surface area contributed by atoms with Crippen LogP contribution in [0.1, 0.15) is 22.3 Å². The number of amides is 1. The van der Waals surface area contributed by atoms with E-state index in [2.05, 4.69) is 9.97 Å². The third-order valence-corrected chi connectivity index (χ3v) is 6.00. The first kappa shape index (κ1) is 24.0. The second kappa shape index (κ2) is 9.89. The highest BCUT2D eigenvalue weighted by molar-refractivity contribution is 7.22. The van der Waals surface area contributed by atoms with Gasteiger partial charge in [-0.25, -0.2) is 9.97 Å². The Bertz CT molecular complexity index is 1190. The molecule has 0 saturated heterocycles. The van der Waals surface area contributed by atoms with Crippen molar-refractivity contribution in [1.82, 2.24) is 14.5 Å². The lowest BCUT2D eigenvalue weighted by atomic mass is 10.1. The van der Waals surface area contributed by atoms with E-state index in [1.165, 1.54) is 28.4 Å². The van der Waals surface area contributed by atoms with E-state index in [0.717, 1.165) is 16.8 Å². The van der Waals surface area contributed by atoms with E-state index in [1.54, 1.807) is 24.7 Å². The number of carbonyl (C=O) groups is 1. The lowest BCUT2D eigenvalue weighted by Crippen LogP contribution is -2.32. The maximum absolute atomic E-state index is 13.2. The normalized spacial score (nSPS) is 11.4. The molecule has 0 aliphatic rings. The van der Waals surface area contributed by atoms with E-state index in [4.69, 9.17) is 11.6 Å². The number of rotatable bonds is 6. The number of halogens is 5. The van der Waals surface area contributed by atoms with Gasteiger partial charge in [-0.15, -0.1) is 12.4 Å². The van der Waals surface area contributed by atoms with Gasteiger partial charge < -0.3 is 4.57 Å². The van der Waals surface area contributed by atoms with Crippen molar-refractivity contribution in [1.29, 1.82) is 0 Å². The molecule has 0 aliphatic heterocycles. The van der Waals surface area contributed by atoms with Crippen molar-refractivity contribution in [3.8, 4) is 0 Å². The molecular formula is C21H17Cl2F3N4OS. The number of anilines is 1. The lowest BCUT2D eigenvalue weighted by molar-refractivity contribution is -0.137. The maximum Gasteiger partial charge on any atom is 0.416 e. The van der Waals surface area contributed by atoms with Crippen LogP contribution in [0.5, 0.6) is 0 Å². The van der Waals surface area contributed by atoms with Crippen molar-refractivity contribution in [3.63, 3.8) is 0 Å². The standard InChI is InChI=1S/C21H16ClF3N4OS.ClH/c22-16-3-1-4-17-18(16)27-20(31-17)29(11-2-10-28-12-9-26-13-28)19(30)14-5-7-15(8-6-14)21(23,24)25;/h1,3-9,12-13H,2,10-11H2;1H. The van der Waals surface area contributed by atoms with Crippen LogP contribution in [0.4, 0.5) is 18.3 Å². The van der Waals surface area contributed by atoms with E-state index in [9.17, 15) is 18.0 Å². The number of imidazole rings is 1. The van der Waals surface area contributed by atoms with Crippen molar-refractivity contribution in [2.24, 2.45) is 0 Å². The van der Waals surface area contributed by atoms with Gasteiger partial charge in [-0.3, -0.25) is 9.69 Å². The molecule has 2 heterocycles. The van der Waals surface area contributed by atoms with Crippen LogP contribution in [0.2, 0.25) is 5.02 Å². The minimum absolute atomic E-state index is 0. The molecule has 11 heteroatoms. The molecule has 0 radical (unpaired) electrons. The van der Waals surface area contributed by atoms with Crippen molar-refractivity contribution < 1.29 is 18.0 Å². The number of benzene rings is 2. The first-order chi connectivity index (χ1) is 14.8. The predicted octanol–water partition coefficient (Wildman–Crippen LogP) is 6.32. The van der Waals surface area contributed by atoms with Gasteiger partial charge in [0.05, 0.1) is 21.6 Å². The second-order valence-electron chi connectivity index (χ2n) is 6.77. The van der Waals surface area contributed by atoms with Crippen LogP contribution < -0.4 is 4.90 Å². The minimum Gasteiger partial charge on any atom is -0.337 e. The Morgan fingerprint density at radius 1 is 1.16 bits per heavy atom. The van der Waals surface area contributed by atoms with E-state index < -0.39 is 17.6 Å². The molecule has 0 saturated carbocycles. The Kier molecular flexibility index (Phi) is 7.43.